The van der Waals surface area contributed by atoms with E-state index in [2.05, 4.69) is 11.8 Å². The van der Waals surface area contributed by atoms with Crippen LogP contribution in [-0.4, -0.2) is 33.6 Å². The average molecular weight is 281 g/mol. The molecule has 5 heteroatoms. The SMILES string of the molecule is Cc1ccc(OCCCS(C)(=O)=O)c(C#CCN)c1. The molecule has 0 amide bonds. The van der Waals surface area contributed by atoms with Crippen LogP contribution in [0.1, 0.15) is 17.5 Å². The molecule has 0 radical (unpaired) electrons. The molecular weight excluding hydrogens is 262 g/mol. The minimum atomic E-state index is -2.93. The molecular formula is C14H19NO3S. The average Bonchev–Trinajstić information content (AvgIpc) is 2.32. The number of hydrogen-bond acceptors (Lipinski definition) is 4. The maximum Gasteiger partial charge on any atom is 0.147 e. The zero-order valence-corrected chi connectivity index (χ0v) is 12.1. The van der Waals surface area contributed by atoms with Crippen LogP contribution >= 0.6 is 0 Å². The number of nitrogens with two attached hydrogens (primary N) is 1. The van der Waals surface area contributed by atoms with Crippen LogP contribution in [0.2, 0.25) is 0 Å². The minimum Gasteiger partial charge on any atom is -0.492 e. The van der Waals surface area contributed by atoms with Crippen molar-refractivity contribution in [2.24, 2.45) is 5.73 Å². The number of sulfone groups is 1. The lowest BCUT2D eigenvalue weighted by molar-refractivity contribution is 0.317. The summed E-state index contributed by atoms with van der Waals surface area (Å²) < 4.78 is 27.6. The van der Waals surface area contributed by atoms with Crippen molar-refractivity contribution in [1.29, 1.82) is 0 Å². The van der Waals surface area contributed by atoms with E-state index in [4.69, 9.17) is 10.5 Å². The van der Waals surface area contributed by atoms with Crippen molar-refractivity contribution in [2.75, 3.05) is 25.2 Å². The topological polar surface area (TPSA) is 69.4 Å². The van der Waals surface area contributed by atoms with E-state index in [0.29, 0.717) is 25.3 Å². The quantitative estimate of drug-likeness (QED) is 0.648. The second-order valence-corrected chi connectivity index (χ2v) is 6.60. The molecule has 104 valence electrons. The zero-order valence-electron chi connectivity index (χ0n) is 11.3. The van der Waals surface area contributed by atoms with Gasteiger partial charge in [0, 0.05) is 6.26 Å². The first-order valence-corrected chi connectivity index (χ1v) is 8.08. The highest BCUT2D eigenvalue weighted by Gasteiger charge is 2.04. The summed E-state index contributed by atoms with van der Waals surface area (Å²) in [4.78, 5) is 0. The molecule has 19 heavy (non-hydrogen) atoms. The Morgan fingerprint density at radius 3 is 2.74 bits per heavy atom. The van der Waals surface area contributed by atoms with E-state index in [1.807, 2.05) is 25.1 Å². The summed E-state index contributed by atoms with van der Waals surface area (Å²) in [6, 6.07) is 5.70. The van der Waals surface area contributed by atoms with Gasteiger partial charge in [-0.2, -0.15) is 0 Å². The number of hydrogen-bond donors (Lipinski definition) is 1. The van der Waals surface area contributed by atoms with Gasteiger partial charge in [0.1, 0.15) is 15.6 Å². The summed E-state index contributed by atoms with van der Waals surface area (Å²) in [7, 11) is -2.93. The molecule has 1 rings (SSSR count). The van der Waals surface area contributed by atoms with E-state index >= 15 is 0 Å². The Labute approximate surface area is 114 Å². The van der Waals surface area contributed by atoms with E-state index in [1.165, 1.54) is 6.26 Å². The Bertz CT molecular complexity index is 582. The molecule has 0 unspecified atom stereocenters. The first-order valence-electron chi connectivity index (χ1n) is 6.02. The Hall–Kier alpha value is -1.51. The zero-order chi connectivity index (χ0) is 14.3. The van der Waals surface area contributed by atoms with Crippen LogP contribution < -0.4 is 10.5 Å². The number of benzene rings is 1. The summed E-state index contributed by atoms with van der Waals surface area (Å²) in [6.07, 6.45) is 1.69. The van der Waals surface area contributed by atoms with Crippen LogP contribution in [0, 0.1) is 18.8 Å². The Morgan fingerprint density at radius 1 is 1.37 bits per heavy atom. The second kappa shape index (κ2) is 7.17. The molecule has 1 aromatic rings. The molecule has 0 saturated heterocycles. The summed E-state index contributed by atoms with van der Waals surface area (Å²) in [6.45, 7) is 2.62. The van der Waals surface area contributed by atoms with E-state index in [0.717, 1.165) is 11.1 Å². The second-order valence-electron chi connectivity index (χ2n) is 4.34. The third-order valence-electron chi connectivity index (χ3n) is 2.38. The number of aryl methyl sites for hydroxylation is 1. The predicted octanol–water partition coefficient (Wildman–Crippen LogP) is 1.12. The molecule has 0 spiro atoms. The third-order valence-corrected chi connectivity index (χ3v) is 3.41. The lowest BCUT2D eigenvalue weighted by Crippen LogP contribution is -2.08. The van der Waals surface area contributed by atoms with Gasteiger partial charge in [0.2, 0.25) is 0 Å². The van der Waals surface area contributed by atoms with Crippen LogP contribution in [0.25, 0.3) is 0 Å². The van der Waals surface area contributed by atoms with E-state index < -0.39 is 9.84 Å². The molecule has 4 nitrogen and oxygen atoms in total. The highest BCUT2D eigenvalue weighted by molar-refractivity contribution is 7.90. The van der Waals surface area contributed by atoms with Crippen molar-refractivity contribution in [2.45, 2.75) is 13.3 Å². The molecule has 0 aromatic heterocycles. The minimum absolute atomic E-state index is 0.128. The standard InChI is InChI=1S/C14H19NO3S/c1-12-6-7-14(13(11-12)5-3-8-15)18-9-4-10-19(2,16)17/h6-7,11H,4,8-10,15H2,1-2H3. The fraction of sp³-hybridized carbons (Fsp3) is 0.429. The maximum absolute atomic E-state index is 11.0. The van der Waals surface area contributed by atoms with Crippen molar-refractivity contribution in [3.05, 3.63) is 29.3 Å². The molecule has 2 N–H and O–H groups in total. The normalized spacial score (nSPS) is 10.7. The van der Waals surface area contributed by atoms with Gasteiger partial charge in [-0.1, -0.05) is 17.9 Å². The van der Waals surface area contributed by atoms with Crippen LogP contribution in [0.3, 0.4) is 0 Å². The molecule has 0 heterocycles. The van der Waals surface area contributed by atoms with Gasteiger partial charge in [0.05, 0.1) is 24.5 Å². The summed E-state index contributed by atoms with van der Waals surface area (Å²) in [5, 5.41) is 0. The highest BCUT2D eigenvalue weighted by Crippen LogP contribution is 2.19. The Morgan fingerprint density at radius 2 is 2.11 bits per heavy atom. The monoisotopic (exact) mass is 281 g/mol. The Balaban J connectivity index is 2.67. The lowest BCUT2D eigenvalue weighted by Gasteiger charge is -2.08. The van der Waals surface area contributed by atoms with Crippen LogP contribution in [0.15, 0.2) is 18.2 Å². The van der Waals surface area contributed by atoms with Crippen LogP contribution in [0.5, 0.6) is 5.75 Å². The number of ether oxygens (including phenoxy) is 1. The summed E-state index contributed by atoms with van der Waals surface area (Å²) in [5.74, 6) is 6.54. The largest absolute Gasteiger partial charge is 0.492 e. The molecule has 0 aliphatic heterocycles. The van der Waals surface area contributed by atoms with Gasteiger partial charge >= 0.3 is 0 Å². The fourth-order valence-corrected chi connectivity index (χ4v) is 2.16. The predicted molar refractivity (Wildman–Crippen MR) is 76.9 cm³/mol. The summed E-state index contributed by atoms with van der Waals surface area (Å²) in [5.41, 5.74) is 7.22. The maximum atomic E-state index is 11.0. The van der Waals surface area contributed by atoms with Gasteiger partial charge < -0.3 is 10.5 Å². The first-order chi connectivity index (χ1) is 8.92. The Kier molecular flexibility index (Phi) is 5.87. The molecule has 0 fully saturated rings. The molecule has 0 aliphatic rings. The molecule has 1 aromatic carbocycles. The van der Waals surface area contributed by atoms with Crippen molar-refractivity contribution >= 4 is 9.84 Å². The van der Waals surface area contributed by atoms with Crippen LogP contribution in [-0.2, 0) is 9.84 Å². The van der Waals surface area contributed by atoms with E-state index in [1.54, 1.807) is 0 Å². The van der Waals surface area contributed by atoms with E-state index in [-0.39, 0.29) is 5.75 Å². The van der Waals surface area contributed by atoms with Gasteiger partial charge in [-0.25, -0.2) is 8.42 Å². The fourth-order valence-electron chi connectivity index (χ4n) is 1.52. The lowest BCUT2D eigenvalue weighted by atomic mass is 10.1. The molecule has 0 saturated carbocycles. The molecule has 0 aliphatic carbocycles. The van der Waals surface area contributed by atoms with Crippen molar-refractivity contribution in [3.8, 4) is 17.6 Å². The van der Waals surface area contributed by atoms with Crippen molar-refractivity contribution in [1.82, 2.24) is 0 Å². The van der Waals surface area contributed by atoms with Gasteiger partial charge in [-0.3, -0.25) is 0 Å². The summed E-state index contributed by atoms with van der Waals surface area (Å²) >= 11 is 0. The third kappa shape index (κ3) is 6.27. The van der Waals surface area contributed by atoms with Gasteiger partial charge in [-0.15, -0.1) is 0 Å². The first kappa shape index (κ1) is 15.5. The number of rotatable bonds is 5. The van der Waals surface area contributed by atoms with E-state index in [9.17, 15) is 8.42 Å². The molecule has 0 bridgehead atoms. The van der Waals surface area contributed by atoms with Gasteiger partial charge in [-0.05, 0) is 31.0 Å². The van der Waals surface area contributed by atoms with Crippen LogP contribution in [0.4, 0.5) is 0 Å². The highest BCUT2D eigenvalue weighted by atomic mass is 32.2. The molecule has 0 atom stereocenters. The smallest absolute Gasteiger partial charge is 0.147 e. The van der Waals surface area contributed by atoms with Crippen molar-refractivity contribution < 1.29 is 13.2 Å². The van der Waals surface area contributed by atoms with Crippen molar-refractivity contribution in [3.63, 3.8) is 0 Å². The van der Waals surface area contributed by atoms with Gasteiger partial charge in [0.25, 0.3) is 0 Å². The van der Waals surface area contributed by atoms with Gasteiger partial charge in [0.15, 0.2) is 0 Å².